The van der Waals surface area contributed by atoms with Crippen LogP contribution in [0.25, 0.3) is 0 Å². The Morgan fingerprint density at radius 2 is 1.96 bits per heavy atom. The number of benzene rings is 1. The maximum atomic E-state index is 12.4. The van der Waals surface area contributed by atoms with E-state index in [0.29, 0.717) is 0 Å². The molecule has 0 aliphatic carbocycles. The van der Waals surface area contributed by atoms with Crippen molar-refractivity contribution in [2.24, 2.45) is 0 Å². The van der Waals surface area contributed by atoms with Crippen molar-refractivity contribution in [2.45, 2.75) is 38.1 Å². The fraction of sp³-hybridized carbons (Fsp3) is 0.556. The molecule has 3 nitrogen and oxygen atoms in total. The summed E-state index contributed by atoms with van der Waals surface area (Å²) in [5, 5.41) is 3.30. The van der Waals surface area contributed by atoms with Crippen molar-refractivity contribution in [1.29, 1.82) is 0 Å². The van der Waals surface area contributed by atoms with Crippen LogP contribution in [-0.4, -0.2) is 37.4 Å². The van der Waals surface area contributed by atoms with E-state index in [1.807, 2.05) is 6.08 Å². The van der Waals surface area contributed by atoms with E-state index in [9.17, 15) is 13.2 Å². The van der Waals surface area contributed by atoms with E-state index in [1.54, 1.807) is 12.1 Å². The third-order valence-corrected chi connectivity index (χ3v) is 4.59. The monoisotopic (exact) mass is 412 g/mol. The van der Waals surface area contributed by atoms with Crippen molar-refractivity contribution < 1.29 is 17.9 Å². The summed E-state index contributed by atoms with van der Waals surface area (Å²) in [7, 11) is 0. The predicted molar refractivity (Wildman–Crippen MR) is 101 cm³/mol. The first kappa shape index (κ1) is 23.1. The summed E-state index contributed by atoms with van der Waals surface area (Å²) in [6.07, 6.45) is 1.14. The molecule has 1 saturated heterocycles. The molecule has 1 aromatic carbocycles. The number of hydrogen-bond donors (Lipinski definition) is 1. The Balaban J connectivity index is 0.00000338. The van der Waals surface area contributed by atoms with Crippen LogP contribution in [-0.2, 0) is 0 Å². The number of halogens is 5. The van der Waals surface area contributed by atoms with Crippen LogP contribution < -0.4 is 10.1 Å². The first-order valence-corrected chi connectivity index (χ1v) is 8.89. The molecule has 148 valence electrons. The number of alkyl halides is 3. The SMILES string of the molecule is C=CCCCC[C@@H](c1ccc(OC(F)(F)F)c(Cl)c1)N1CCNCC1.Cl. The lowest BCUT2D eigenvalue weighted by Gasteiger charge is -2.35. The molecule has 26 heavy (non-hydrogen) atoms. The first-order chi connectivity index (χ1) is 11.9. The van der Waals surface area contributed by atoms with E-state index < -0.39 is 6.36 Å². The highest BCUT2D eigenvalue weighted by Gasteiger charge is 2.32. The van der Waals surface area contributed by atoms with E-state index in [-0.39, 0.29) is 29.2 Å². The van der Waals surface area contributed by atoms with Gasteiger partial charge in [-0.1, -0.05) is 30.2 Å². The maximum Gasteiger partial charge on any atom is 0.573 e. The van der Waals surface area contributed by atoms with Gasteiger partial charge in [-0.15, -0.1) is 32.2 Å². The fourth-order valence-corrected chi connectivity index (χ4v) is 3.34. The first-order valence-electron chi connectivity index (χ1n) is 8.51. The average Bonchev–Trinajstić information content (AvgIpc) is 2.57. The van der Waals surface area contributed by atoms with E-state index >= 15 is 0 Å². The van der Waals surface area contributed by atoms with Gasteiger partial charge in [0, 0.05) is 32.2 Å². The minimum absolute atomic E-state index is 0. The van der Waals surface area contributed by atoms with Crippen LogP contribution in [0.4, 0.5) is 13.2 Å². The van der Waals surface area contributed by atoms with Gasteiger partial charge in [-0.25, -0.2) is 0 Å². The van der Waals surface area contributed by atoms with Crippen molar-refractivity contribution >= 4 is 24.0 Å². The van der Waals surface area contributed by atoms with Gasteiger partial charge in [0.25, 0.3) is 0 Å². The number of nitrogens with one attached hydrogen (secondary N) is 1. The molecule has 0 amide bonds. The summed E-state index contributed by atoms with van der Waals surface area (Å²) in [6.45, 7) is 7.37. The molecule has 1 aliphatic heterocycles. The molecule has 1 aliphatic rings. The van der Waals surface area contributed by atoms with Crippen molar-refractivity contribution in [1.82, 2.24) is 10.2 Å². The number of piperazine rings is 1. The maximum absolute atomic E-state index is 12.4. The van der Waals surface area contributed by atoms with Gasteiger partial charge in [-0.2, -0.15) is 0 Å². The summed E-state index contributed by atoms with van der Waals surface area (Å²) >= 11 is 6.03. The van der Waals surface area contributed by atoms with Gasteiger partial charge in [0.1, 0.15) is 5.75 Å². The molecule has 2 rings (SSSR count). The Morgan fingerprint density at radius 3 is 2.54 bits per heavy atom. The smallest absolute Gasteiger partial charge is 0.404 e. The van der Waals surface area contributed by atoms with Gasteiger partial charge in [-0.05, 0) is 37.0 Å². The van der Waals surface area contributed by atoms with Crippen molar-refractivity contribution in [3.63, 3.8) is 0 Å². The number of hydrogen-bond acceptors (Lipinski definition) is 3. The van der Waals surface area contributed by atoms with Gasteiger partial charge in [0.2, 0.25) is 0 Å². The Morgan fingerprint density at radius 1 is 1.27 bits per heavy atom. The average molecular weight is 413 g/mol. The largest absolute Gasteiger partial charge is 0.573 e. The van der Waals surface area contributed by atoms with E-state index in [4.69, 9.17) is 11.6 Å². The van der Waals surface area contributed by atoms with Crippen molar-refractivity contribution in [3.05, 3.63) is 41.4 Å². The van der Waals surface area contributed by atoms with Crippen LogP contribution in [0.15, 0.2) is 30.9 Å². The molecule has 0 unspecified atom stereocenters. The van der Waals surface area contributed by atoms with Crippen LogP contribution >= 0.6 is 24.0 Å². The summed E-state index contributed by atoms with van der Waals surface area (Å²) in [6, 6.07) is 4.74. The van der Waals surface area contributed by atoms with Gasteiger partial charge >= 0.3 is 6.36 Å². The minimum Gasteiger partial charge on any atom is -0.404 e. The summed E-state index contributed by atoms with van der Waals surface area (Å²) in [4.78, 5) is 2.36. The predicted octanol–water partition coefficient (Wildman–Crippen LogP) is 5.35. The summed E-state index contributed by atoms with van der Waals surface area (Å²) in [5.74, 6) is -0.358. The summed E-state index contributed by atoms with van der Waals surface area (Å²) in [5.41, 5.74) is 0.931. The molecule has 0 saturated carbocycles. The third-order valence-electron chi connectivity index (χ3n) is 4.29. The molecule has 1 aromatic rings. The van der Waals surface area contributed by atoms with Gasteiger partial charge in [-0.3, -0.25) is 4.90 Å². The quantitative estimate of drug-likeness (QED) is 0.459. The summed E-state index contributed by atoms with van der Waals surface area (Å²) < 4.78 is 41.2. The Bertz CT molecular complexity index is 564. The van der Waals surface area contributed by atoms with Gasteiger partial charge < -0.3 is 10.1 Å². The van der Waals surface area contributed by atoms with Crippen molar-refractivity contribution in [2.75, 3.05) is 26.2 Å². The topological polar surface area (TPSA) is 24.5 Å². The Hall–Kier alpha value is -0.950. The molecule has 8 heteroatoms. The lowest BCUT2D eigenvalue weighted by Crippen LogP contribution is -2.45. The fourth-order valence-electron chi connectivity index (χ4n) is 3.11. The van der Waals surface area contributed by atoms with Gasteiger partial charge in [0.05, 0.1) is 5.02 Å². The zero-order valence-corrected chi connectivity index (χ0v) is 16.1. The van der Waals surface area contributed by atoms with Crippen LogP contribution in [0, 0.1) is 0 Å². The Kier molecular flexibility index (Phi) is 9.79. The normalized spacial score (nSPS) is 16.6. The molecule has 0 aromatic heterocycles. The number of nitrogens with zero attached hydrogens (tertiary/aromatic N) is 1. The number of unbranched alkanes of at least 4 members (excludes halogenated alkanes) is 2. The lowest BCUT2D eigenvalue weighted by atomic mass is 9.98. The standard InChI is InChI=1S/C18H24ClF3N2O.ClH/c1-2-3-4-5-6-16(24-11-9-23-10-12-24)14-7-8-17(15(19)13-14)25-18(20,21)22;/h2,7-8,13,16,23H,1,3-6,9-12H2;1H/t16-;/m0./s1. The van der Waals surface area contributed by atoms with Crippen LogP contribution in [0.5, 0.6) is 5.75 Å². The van der Waals surface area contributed by atoms with Crippen LogP contribution in [0.2, 0.25) is 5.02 Å². The van der Waals surface area contributed by atoms with E-state index in [0.717, 1.165) is 57.4 Å². The van der Waals surface area contributed by atoms with E-state index in [2.05, 4.69) is 21.5 Å². The zero-order valence-electron chi connectivity index (χ0n) is 14.5. The van der Waals surface area contributed by atoms with Gasteiger partial charge in [0.15, 0.2) is 0 Å². The highest BCUT2D eigenvalue weighted by Crippen LogP contribution is 2.35. The molecule has 0 spiro atoms. The second kappa shape index (κ2) is 11.0. The van der Waals surface area contributed by atoms with E-state index in [1.165, 1.54) is 6.07 Å². The molecule has 1 N–H and O–H groups in total. The van der Waals surface area contributed by atoms with Crippen LogP contribution in [0.3, 0.4) is 0 Å². The number of rotatable bonds is 8. The molecular weight excluding hydrogens is 388 g/mol. The molecule has 1 fully saturated rings. The van der Waals surface area contributed by atoms with Crippen LogP contribution in [0.1, 0.15) is 37.3 Å². The lowest BCUT2D eigenvalue weighted by molar-refractivity contribution is -0.274. The molecular formula is C18H25Cl2F3N2O. The highest BCUT2D eigenvalue weighted by molar-refractivity contribution is 6.32. The molecule has 1 atom stereocenters. The number of ether oxygens (including phenoxy) is 1. The Labute approximate surface area is 163 Å². The zero-order chi connectivity index (χ0) is 18.3. The molecule has 0 radical (unpaired) electrons. The second-order valence-corrected chi connectivity index (χ2v) is 6.52. The second-order valence-electron chi connectivity index (χ2n) is 6.11. The highest BCUT2D eigenvalue weighted by atomic mass is 35.5. The molecule has 0 bridgehead atoms. The molecule has 1 heterocycles. The third kappa shape index (κ3) is 7.35. The minimum atomic E-state index is -4.74. The van der Waals surface area contributed by atoms with Crippen molar-refractivity contribution in [3.8, 4) is 5.75 Å². The number of allylic oxidation sites excluding steroid dienone is 1.